The van der Waals surface area contributed by atoms with E-state index in [0.717, 1.165) is 26.0 Å². The maximum atomic E-state index is 10.1. The van der Waals surface area contributed by atoms with Gasteiger partial charge in [0.1, 0.15) is 0 Å². The van der Waals surface area contributed by atoms with Crippen LogP contribution in [-0.4, -0.2) is 43.4 Å². The molecule has 1 aliphatic heterocycles. The lowest BCUT2D eigenvalue weighted by Crippen LogP contribution is -2.24. The molecule has 1 heterocycles. The molecule has 0 aliphatic carbocycles. The zero-order valence-electron chi connectivity index (χ0n) is 11.3. The van der Waals surface area contributed by atoms with Crippen LogP contribution in [0.5, 0.6) is 0 Å². The summed E-state index contributed by atoms with van der Waals surface area (Å²) in [5.41, 5.74) is 2.63. The number of hydrogen-bond acceptors (Lipinski definition) is 3. The van der Waals surface area contributed by atoms with Crippen molar-refractivity contribution in [1.82, 2.24) is 4.90 Å². The van der Waals surface area contributed by atoms with Crippen LogP contribution < -0.4 is 0 Å². The van der Waals surface area contributed by atoms with Gasteiger partial charge in [-0.1, -0.05) is 24.3 Å². The summed E-state index contributed by atoms with van der Waals surface area (Å²) >= 11 is 0. The van der Waals surface area contributed by atoms with Gasteiger partial charge in [-0.3, -0.25) is 0 Å². The predicted octanol–water partition coefficient (Wildman–Crippen LogP) is 2.00. The summed E-state index contributed by atoms with van der Waals surface area (Å²) in [5, 5.41) is 10.1. The van der Waals surface area contributed by atoms with Crippen LogP contribution in [0.3, 0.4) is 0 Å². The van der Waals surface area contributed by atoms with Gasteiger partial charge in [0, 0.05) is 6.42 Å². The van der Waals surface area contributed by atoms with Crippen molar-refractivity contribution in [3.8, 4) is 0 Å². The van der Waals surface area contributed by atoms with Crippen molar-refractivity contribution in [1.29, 1.82) is 0 Å². The first-order chi connectivity index (χ1) is 8.66. The number of benzene rings is 1. The monoisotopic (exact) mass is 249 g/mol. The molecule has 0 radical (unpaired) electrons. The summed E-state index contributed by atoms with van der Waals surface area (Å²) in [6.07, 6.45) is 2.26. The van der Waals surface area contributed by atoms with Gasteiger partial charge in [0.2, 0.25) is 0 Å². The largest absolute Gasteiger partial charge is 0.393 e. The van der Waals surface area contributed by atoms with Crippen LogP contribution in [0.2, 0.25) is 0 Å². The van der Waals surface area contributed by atoms with Crippen molar-refractivity contribution in [2.45, 2.75) is 31.5 Å². The fraction of sp³-hybridized carbons (Fsp3) is 0.600. The molecular formula is C15H23NO2. The molecule has 1 aromatic carbocycles. The van der Waals surface area contributed by atoms with Crippen LogP contribution in [-0.2, 0) is 11.2 Å². The van der Waals surface area contributed by atoms with Crippen LogP contribution in [0.1, 0.15) is 30.1 Å². The average molecular weight is 249 g/mol. The van der Waals surface area contributed by atoms with Gasteiger partial charge >= 0.3 is 0 Å². The molecule has 2 atom stereocenters. The van der Waals surface area contributed by atoms with E-state index in [0.29, 0.717) is 6.42 Å². The molecule has 0 spiro atoms. The van der Waals surface area contributed by atoms with E-state index in [9.17, 15) is 5.11 Å². The molecule has 3 nitrogen and oxygen atoms in total. The summed E-state index contributed by atoms with van der Waals surface area (Å²) in [6, 6.07) is 8.41. The Balaban J connectivity index is 1.94. The second kappa shape index (κ2) is 6.32. The highest BCUT2D eigenvalue weighted by atomic mass is 16.5. The predicted molar refractivity (Wildman–Crippen MR) is 72.6 cm³/mol. The number of ether oxygens (including phenoxy) is 1. The van der Waals surface area contributed by atoms with Crippen molar-refractivity contribution in [3.05, 3.63) is 35.4 Å². The van der Waals surface area contributed by atoms with E-state index in [1.54, 1.807) is 0 Å². The van der Waals surface area contributed by atoms with Gasteiger partial charge in [-0.25, -0.2) is 0 Å². The first-order valence-corrected chi connectivity index (χ1v) is 6.69. The van der Waals surface area contributed by atoms with Gasteiger partial charge < -0.3 is 14.7 Å². The number of hydrogen-bond donors (Lipinski definition) is 1. The Morgan fingerprint density at radius 2 is 2.17 bits per heavy atom. The van der Waals surface area contributed by atoms with E-state index in [1.807, 2.05) is 20.2 Å². The van der Waals surface area contributed by atoms with Gasteiger partial charge in [0.15, 0.2) is 0 Å². The van der Waals surface area contributed by atoms with Crippen molar-refractivity contribution in [2.24, 2.45) is 0 Å². The molecule has 0 bridgehead atoms. The van der Waals surface area contributed by atoms with Gasteiger partial charge in [-0.2, -0.15) is 0 Å². The lowest BCUT2D eigenvalue weighted by atomic mass is 9.93. The van der Waals surface area contributed by atoms with Crippen molar-refractivity contribution < 1.29 is 9.84 Å². The Hall–Kier alpha value is -0.900. The van der Waals surface area contributed by atoms with Crippen molar-refractivity contribution >= 4 is 0 Å². The van der Waals surface area contributed by atoms with Gasteiger partial charge in [0.25, 0.3) is 0 Å². The third-order valence-corrected chi connectivity index (χ3v) is 3.49. The quantitative estimate of drug-likeness (QED) is 0.866. The number of aliphatic hydroxyl groups is 1. The van der Waals surface area contributed by atoms with Crippen LogP contribution >= 0.6 is 0 Å². The number of fused-ring (bicyclic) bond motifs is 1. The van der Waals surface area contributed by atoms with E-state index < -0.39 is 0 Å². The summed E-state index contributed by atoms with van der Waals surface area (Å²) in [5.74, 6) is 0. The highest BCUT2D eigenvalue weighted by Crippen LogP contribution is 2.30. The molecule has 0 fully saturated rings. The smallest absolute Gasteiger partial charge is 0.0852 e. The van der Waals surface area contributed by atoms with Crippen molar-refractivity contribution in [2.75, 3.05) is 27.2 Å². The zero-order valence-corrected chi connectivity index (χ0v) is 11.3. The van der Waals surface area contributed by atoms with Crippen LogP contribution in [0.4, 0.5) is 0 Å². The maximum absolute atomic E-state index is 10.1. The maximum Gasteiger partial charge on any atom is 0.0852 e. The minimum absolute atomic E-state index is 0.0621. The molecule has 0 amide bonds. The fourth-order valence-corrected chi connectivity index (χ4v) is 2.44. The van der Waals surface area contributed by atoms with Crippen molar-refractivity contribution in [3.63, 3.8) is 0 Å². The molecule has 2 unspecified atom stereocenters. The first kappa shape index (κ1) is 13.5. The van der Waals surface area contributed by atoms with Crippen LogP contribution in [0.25, 0.3) is 0 Å². The minimum Gasteiger partial charge on any atom is -0.393 e. The summed E-state index contributed by atoms with van der Waals surface area (Å²) in [6.45, 7) is 1.68. The average Bonchev–Trinajstić information content (AvgIpc) is 2.37. The molecule has 18 heavy (non-hydrogen) atoms. The molecule has 0 aromatic heterocycles. The second-order valence-electron chi connectivity index (χ2n) is 5.29. The highest BCUT2D eigenvalue weighted by Gasteiger charge is 2.22. The van der Waals surface area contributed by atoms with Crippen LogP contribution in [0, 0.1) is 0 Å². The number of aliphatic hydroxyl groups excluding tert-OH is 1. The normalized spacial score (nSPS) is 20.8. The molecule has 0 saturated heterocycles. The fourth-order valence-electron chi connectivity index (χ4n) is 2.44. The third kappa shape index (κ3) is 3.55. The topological polar surface area (TPSA) is 32.7 Å². The van der Waals surface area contributed by atoms with Gasteiger partial charge in [0.05, 0.1) is 18.8 Å². The number of rotatable bonds is 5. The summed E-state index contributed by atoms with van der Waals surface area (Å²) in [4.78, 5) is 2.10. The van der Waals surface area contributed by atoms with Gasteiger partial charge in [-0.05, 0) is 44.6 Å². The third-order valence-electron chi connectivity index (χ3n) is 3.49. The second-order valence-corrected chi connectivity index (χ2v) is 5.29. The molecule has 1 aromatic rings. The Morgan fingerprint density at radius 1 is 1.39 bits per heavy atom. The molecule has 100 valence electrons. The molecule has 1 N–H and O–H groups in total. The first-order valence-electron chi connectivity index (χ1n) is 6.69. The van der Waals surface area contributed by atoms with E-state index in [2.05, 4.69) is 23.1 Å². The molecule has 1 aliphatic rings. The minimum atomic E-state index is -0.288. The Kier molecular flexibility index (Phi) is 4.75. The van der Waals surface area contributed by atoms with Gasteiger partial charge in [-0.15, -0.1) is 0 Å². The highest BCUT2D eigenvalue weighted by molar-refractivity contribution is 5.30. The van der Waals surface area contributed by atoms with Crippen LogP contribution in [0.15, 0.2) is 24.3 Å². The van der Waals surface area contributed by atoms with E-state index in [4.69, 9.17) is 4.74 Å². The molecule has 2 rings (SSSR count). The molecule has 0 saturated carbocycles. The Labute approximate surface area is 109 Å². The SMILES string of the molecule is CN(C)CCC(O)CC1OCCc2ccccc21. The molecule has 3 heteroatoms. The zero-order chi connectivity index (χ0) is 13.0. The lowest BCUT2D eigenvalue weighted by Gasteiger charge is -2.28. The van der Waals surface area contributed by atoms with E-state index in [-0.39, 0.29) is 12.2 Å². The van der Waals surface area contributed by atoms with E-state index >= 15 is 0 Å². The Bertz CT molecular complexity index is 379. The molecular weight excluding hydrogens is 226 g/mol. The number of nitrogens with zero attached hydrogens (tertiary/aromatic N) is 1. The van der Waals surface area contributed by atoms with E-state index in [1.165, 1.54) is 11.1 Å². The lowest BCUT2D eigenvalue weighted by molar-refractivity contribution is 0.00125. The standard InChI is InChI=1S/C15H23NO2/c1-16(2)9-7-13(17)11-15-14-6-4-3-5-12(14)8-10-18-15/h3-6,13,15,17H,7-11H2,1-2H3. The summed E-state index contributed by atoms with van der Waals surface area (Å²) < 4.78 is 5.81. The summed E-state index contributed by atoms with van der Waals surface area (Å²) in [7, 11) is 4.05. The Morgan fingerprint density at radius 3 is 2.94 bits per heavy atom.